The van der Waals surface area contributed by atoms with Gasteiger partial charge in [0.1, 0.15) is 6.61 Å². The number of carbonyl (C=O) groups excluding carboxylic acids is 2. The summed E-state index contributed by atoms with van der Waals surface area (Å²) in [6.45, 7) is 5.65. The molecule has 0 aliphatic carbocycles. The van der Waals surface area contributed by atoms with Gasteiger partial charge >= 0.3 is 6.09 Å². The Kier molecular flexibility index (Phi) is 6.42. The lowest BCUT2D eigenvalue weighted by Gasteiger charge is -2.35. The molecule has 2 fully saturated rings. The highest BCUT2D eigenvalue weighted by Gasteiger charge is 2.40. The quantitative estimate of drug-likeness (QED) is 0.456. The molecule has 2 atom stereocenters. The van der Waals surface area contributed by atoms with Gasteiger partial charge in [0.2, 0.25) is 5.91 Å². The molecule has 10 heteroatoms. The number of hydrogen-bond donors (Lipinski definition) is 0. The maximum absolute atomic E-state index is 12.2. The number of carbonyl (C=O) groups is 2. The summed E-state index contributed by atoms with van der Waals surface area (Å²) < 4.78 is 32.9. The van der Waals surface area contributed by atoms with Crippen LogP contribution in [0.1, 0.15) is 6.42 Å². The van der Waals surface area contributed by atoms with Crippen LogP contribution in [-0.2, 0) is 23.8 Å². The molecule has 0 spiro atoms. The van der Waals surface area contributed by atoms with Crippen molar-refractivity contribution in [1.82, 2.24) is 14.7 Å². The normalized spacial score (nSPS) is 25.3. The summed E-state index contributed by atoms with van der Waals surface area (Å²) >= 11 is 0. The maximum Gasteiger partial charge on any atom is 0.410 e. The summed E-state index contributed by atoms with van der Waals surface area (Å²) in [6.07, 6.45) is 1.56. The Labute approximate surface area is 148 Å². The van der Waals surface area contributed by atoms with Crippen molar-refractivity contribution in [1.29, 1.82) is 0 Å². The first kappa shape index (κ1) is 19.7. The standard InChI is InChI=1S/C15H25N3O6S/c1-4-7-23-15(20)18-10-13(24-25(3,21)22)8-12(18)9-17-6-5-16(2)11-14(17)19/h4,12-13H,1,5-11H2,2-3H3. The lowest BCUT2D eigenvalue weighted by Crippen LogP contribution is -2.53. The largest absolute Gasteiger partial charge is 0.445 e. The Bertz CT molecular complexity index is 623. The van der Waals surface area contributed by atoms with Crippen LogP contribution in [0.4, 0.5) is 4.79 Å². The molecule has 0 aromatic heterocycles. The predicted molar refractivity (Wildman–Crippen MR) is 90.4 cm³/mol. The highest BCUT2D eigenvalue weighted by atomic mass is 32.2. The van der Waals surface area contributed by atoms with E-state index < -0.39 is 22.3 Å². The van der Waals surface area contributed by atoms with E-state index in [-0.39, 0.29) is 25.1 Å². The minimum atomic E-state index is -3.63. The van der Waals surface area contributed by atoms with Crippen LogP contribution >= 0.6 is 0 Å². The second kappa shape index (κ2) is 8.15. The van der Waals surface area contributed by atoms with Gasteiger partial charge in [-0.1, -0.05) is 12.7 Å². The Hall–Kier alpha value is -1.65. The average Bonchev–Trinajstić information content (AvgIpc) is 2.88. The average molecular weight is 375 g/mol. The molecule has 2 aliphatic rings. The smallest absolute Gasteiger partial charge is 0.410 e. The Balaban J connectivity index is 2.06. The first-order chi connectivity index (χ1) is 11.7. The van der Waals surface area contributed by atoms with Gasteiger partial charge in [-0.3, -0.25) is 13.9 Å². The van der Waals surface area contributed by atoms with Crippen molar-refractivity contribution >= 4 is 22.1 Å². The first-order valence-electron chi connectivity index (χ1n) is 8.08. The molecule has 25 heavy (non-hydrogen) atoms. The fourth-order valence-electron chi connectivity index (χ4n) is 3.07. The van der Waals surface area contributed by atoms with E-state index in [1.165, 1.54) is 11.0 Å². The molecule has 2 heterocycles. The summed E-state index contributed by atoms with van der Waals surface area (Å²) in [5.41, 5.74) is 0. The molecule has 0 radical (unpaired) electrons. The zero-order valence-corrected chi connectivity index (χ0v) is 15.4. The van der Waals surface area contributed by atoms with Crippen LogP contribution in [-0.4, -0.2) is 99.9 Å². The zero-order valence-electron chi connectivity index (χ0n) is 14.6. The minimum absolute atomic E-state index is 0.0133. The van der Waals surface area contributed by atoms with Crippen molar-refractivity contribution in [2.45, 2.75) is 18.6 Å². The van der Waals surface area contributed by atoms with Crippen molar-refractivity contribution in [2.24, 2.45) is 0 Å². The van der Waals surface area contributed by atoms with Gasteiger partial charge in [0.25, 0.3) is 10.1 Å². The van der Waals surface area contributed by atoms with Crippen LogP contribution in [0.15, 0.2) is 12.7 Å². The highest BCUT2D eigenvalue weighted by Crippen LogP contribution is 2.24. The van der Waals surface area contributed by atoms with Crippen molar-refractivity contribution in [3.8, 4) is 0 Å². The second-order valence-corrected chi connectivity index (χ2v) is 8.01. The molecule has 0 aromatic rings. The lowest BCUT2D eigenvalue weighted by atomic mass is 10.1. The third-order valence-electron chi connectivity index (χ3n) is 4.19. The Morgan fingerprint density at radius 3 is 2.72 bits per heavy atom. The zero-order chi connectivity index (χ0) is 18.6. The van der Waals surface area contributed by atoms with Crippen LogP contribution in [0, 0.1) is 0 Å². The number of nitrogens with zero attached hydrogens (tertiary/aromatic N) is 3. The molecule has 0 N–H and O–H groups in total. The minimum Gasteiger partial charge on any atom is -0.445 e. The van der Waals surface area contributed by atoms with Gasteiger partial charge in [-0.05, 0) is 13.5 Å². The number of hydrogen-bond acceptors (Lipinski definition) is 7. The fourth-order valence-corrected chi connectivity index (χ4v) is 3.71. The van der Waals surface area contributed by atoms with Gasteiger partial charge in [0.15, 0.2) is 0 Å². The van der Waals surface area contributed by atoms with Gasteiger partial charge < -0.3 is 14.5 Å². The summed E-state index contributed by atoms with van der Waals surface area (Å²) in [5, 5.41) is 0. The topological polar surface area (TPSA) is 96.5 Å². The molecular formula is C15H25N3O6S. The third kappa shape index (κ3) is 5.68. The number of piperazine rings is 1. The molecule has 2 unspecified atom stereocenters. The van der Waals surface area contributed by atoms with Crippen molar-refractivity contribution in [2.75, 3.05) is 52.6 Å². The lowest BCUT2D eigenvalue weighted by molar-refractivity contribution is -0.136. The molecule has 0 aromatic carbocycles. The number of likely N-dealkylation sites (tertiary alicyclic amines) is 1. The molecule has 0 bridgehead atoms. The summed E-state index contributed by atoms with van der Waals surface area (Å²) in [7, 11) is -1.76. The molecule has 2 rings (SSSR count). The number of ether oxygens (including phenoxy) is 1. The van der Waals surface area contributed by atoms with Gasteiger partial charge in [0.05, 0.1) is 31.5 Å². The van der Waals surface area contributed by atoms with E-state index in [4.69, 9.17) is 8.92 Å². The molecule has 0 saturated carbocycles. The Morgan fingerprint density at radius 2 is 2.12 bits per heavy atom. The number of rotatable bonds is 6. The number of likely N-dealkylation sites (N-methyl/N-ethyl adjacent to an activating group) is 1. The molecule has 2 amide bonds. The van der Waals surface area contributed by atoms with Crippen LogP contribution in [0.2, 0.25) is 0 Å². The van der Waals surface area contributed by atoms with E-state index >= 15 is 0 Å². The molecule has 2 aliphatic heterocycles. The summed E-state index contributed by atoms with van der Waals surface area (Å²) in [6, 6.07) is -0.351. The van der Waals surface area contributed by atoms with E-state index in [2.05, 4.69) is 6.58 Å². The van der Waals surface area contributed by atoms with Gasteiger partial charge in [-0.15, -0.1) is 0 Å². The van der Waals surface area contributed by atoms with Crippen LogP contribution < -0.4 is 0 Å². The third-order valence-corrected chi connectivity index (χ3v) is 4.81. The fraction of sp³-hybridized carbons (Fsp3) is 0.733. The van der Waals surface area contributed by atoms with E-state index in [9.17, 15) is 18.0 Å². The van der Waals surface area contributed by atoms with Gasteiger partial charge in [-0.2, -0.15) is 8.42 Å². The Morgan fingerprint density at radius 1 is 1.40 bits per heavy atom. The SMILES string of the molecule is C=CCOC(=O)N1CC(OS(C)(=O)=O)CC1CN1CCN(C)CC1=O. The van der Waals surface area contributed by atoms with Gasteiger partial charge in [0, 0.05) is 19.6 Å². The monoisotopic (exact) mass is 375 g/mol. The van der Waals surface area contributed by atoms with Crippen molar-refractivity contribution in [3.05, 3.63) is 12.7 Å². The van der Waals surface area contributed by atoms with E-state index in [1.54, 1.807) is 4.90 Å². The van der Waals surface area contributed by atoms with Gasteiger partial charge in [-0.25, -0.2) is 4.79 Å². The van der Waals surface area contributed by atoms with E-state index in [0.717, 1.165) is 12.8 Å². The van der Waals surface area contributed by atoms with Crippen molar-refractivity contribution in [3.63, 3.8) is 0 Å². The van der Waals surface area contributed by atoms with E-state index in [0.29, 0.717) is 26.1 Å². The predicted octanol–water partition coefficient (Wildman–Crippen LogP) is -0.498. The van der Waals surface area contributed by atoms with Crippen LogP contribution in [0.25, 0.3) is 0 Å². The summed E-state index contributed by atoms with van der Waals surface area (Å²) in [4.78, 5) is 29.5. The number of amides is 2. The maximum atomic E-state index is 12.2. The first-order valence-corrected chi connectivity index (χ1v) is 9.90. The van der Waals surface area contributed by atoms with Crippen LogP contribution in [0.5, 0.6) is 0 Å². The second-order valence-electron chi connectivity index (χ2n) is 6.41. The van der Waals surface area contributed by atoms with Crippen LogP contribution in [0.3, 0.4) is 0 Å². The van der Waals surface area contributed by atoms with Crippen molar-refractivity contribution < 1.29 is 26.9 Å². The highest BCUT2D eigenvalue weighted by molar-refractivity contribution is 7.86. The molecule has 9 nitrogen and oxygen atoms in total. The molecule has 142 valence electrons. The summed E-state index contributed by atoms with van der Waals surface area (Å²) in [5.74, 6) is -0.0133. The van der Waals surface area contributed by atoms with E-state index in [1.807, 2.05) is 11.9 Å². The molecular weight excluding hydrogens is 350 g/mol. The molecule has 2 saturated heterocycles.